The maximum Gasteiger partial charge on any atom is 0.311 e. The summed E-state index contributed by atoms with van der Waals surface area (Å²) in [4.78, 5) is 29.7. The second kappa shape index (κ2) is 5.97. The minimum absolute atomic E-state index is 0.0494. The van der Waals surface area contributed by atoms with Gasteiger partial charge in [0.05, 0.1) is 5.92 Å². The van der Waals surface area contributed by atoms with Crippen LogP contribution >= 0.6 is 0 Å². The van der Waals surface area contributed by atoms with Crippen LogP contribution in [0.4, 0.5) is 5.69 Å². The molecule has 1 aromatic carbocycles. The topological polar surface area (TPSA) is 85.5 Å². The first-order valence-electron chi connectivity index (χ1n) is 6.94. The molecule has 1 atom stereocenters. The van der Waals surface area contributed by atoms with Crippen LogP contribution in [-0.4, -0.2) is 28.6 Å². The fourth-order valence-electron chi connectivity index (χ4n) is 2.38. The number of hydrogen-bond acceptors (Lipinski definition) is 6. The number of para-hydroxylation sites is 1. The molecule has 0 saturated carbocycles. The van der Waals surface area contributed by atoms with Crippen molar-refractivity contribution in [2.45, 2.75) is 20.0 Å². The highest BCUT2D eigenvalue weighted by Gasteiger charge is 2.36. The Morgan fingerprint density at radius 2 is 2.18 bits per heavy atom. The Kier molecular flexibility index (Phi) is 3.86. The van der Waals surface area contributed by atoms with Crippen molar-refractivity contribution in [1.29, 1.82) is 0 Å². The SMILES string of the molecule is Cc1nc(COC(=O)[C@H]2CC(=O)N(c3ccccc3)C2)no1. The molecule has 0 N–H and O–H groups in total. The van der Waals surface area contributed by atoms with Gasteiger partial charge in [-0.05, 0) is 12.1 Å². The van der Waals surface area contributed by atoms with Crippen LogP contribution in [0.25, 0.3) is 0 Å². The number of aryl methyl sites for hydroxylation is 1. The van der Waals surface area contributed by atoms with Gasteiger partial charge in [0.15, 0.2) is 6.61 Å². The summed E-state index contributed by atoms with van der Waals surface area (Å²) in [6.45, 7) is 1.94. The Bertz CT molecular complexity index is 683. The van der Waals surface area contributed by atoms with Gasteiger partial charge in [-0.25, -0.2) is 0 Å². The van der Waals surface area contributed by atoms with Gasteiger partial charge in [-0.15, -0.1) is 0 Å². The molecule has 114 valence electrons. The lowest BCUT2D eigenvalue weighted by Gasteiger charge is -2.16. The number of aromatic nitrogens is 2. The third-order valence-corrected chi connectivity index (χ3v) is 3.44. The zero-order chi connectivity index (χ0) is 15.5. The Balaban J connectivity index is 1.59. The first kappa shape index (κ1) is 14.2. The van der Waals surface area contributed by atoms with Crippen molar-refractivity contribution in [2.75, 3.05) is 11.4 Å². The van der Waals surface area contributed by atoms with Gasteiger partial charge in [-0.2, -0.15) is 4.98 Å². The number of esters is 1. The summed E-state index contributed by atoms with van der Waals surface area (Å²) in [5, 5.41) is 3.65. The molecule has 1 aliphatic heterocycles. The van der Waals surface area contributed by atoms with Gasteiger partial charge in [0, 0.05) is 25.6 Å². The molecule has 1 aliphatic rings. The van der Waals surface area contributed by atoms with Crippen LogP contribution in [0.15, 0.2) is 34.9 Å². The molecule has 22 heavy (non-hydrogen) atoms. The maximum absolute atomic E-state index is 12.1. The molecule has 1 aromatic heterocycles. The highest BCUT2D eigenvalue weighted by molar-refractivity contribution is 5.99. The molecule has 0 bridgehead atoms. The standard InChI is InChI=1S/C15H15N3O4/c1-10-16-13(17-22-10)9-21-15(20)11-7-14(19)18(8-11)12-5-3-2-4-6-12/h2-6,11H,7-9H2,1H3/t11-/m0/s1. The zero-order valence-electron chi connectivity index (χ0n) is 12.1. The largest absolute Gasteiger partial charge is 0.457 e. The molecular weight excluding hydrogens is 286 g/mol. The highest BCUT2D eigenvalue weighted by atomic mass is 16.5. The van der Waals surface area contributed by atoms with Crippen molar-refractivity contribution >= 4 is 17.6 Å². The molecule has 1 fully saturated rings. The van der Waals surface area contributed by atoms with E-state index in [1.165, 1.54) is 0 Å². The minimum Gasteiger partial charge on any atom is -0.457 e. The van der Waals surface area contributed by atoms with Crippen LogP contribution < -0.4 is 4.90 Å². The van der Waals surface area contributed by atoms with Crippen molar-refractivity contribution in [1.82, 2.24) is 10.1 Å². The van der Waals surface area contributed by atoms with Crippen molar-refractivity contribution in [3.63, 3.8) is 0 Å². The van der Waals surface area contributed by atoms with E-state index in [0.717, 1.165) is 5.69 Å². The van der Waals surface area contributed by atoms with Gasteiger partial charge >= 0.3 is 5.97 Å². The lowest BCUT2D eigenvalue weighted by atomic mass is 10.1. The number of nitrogens with zero attached hydrogens (tertiary/aromatic N) is 3. The average molecular weight is 301 g/mol. The summed E-state index contributed by atoms with van der Waals surface area (Å²) < 4.78 is 9.95. The normalized spacial score (nSPS) is 17.8. The second-order valence-corrected chi connectivity index (χ2v) is 5.08. The first-order chi connectivity index (χ1) is 10.6. The monoisotopic (exact) mass is 301 g/mol. The number of carbonyl (C=O) groups excluding carboxylic acids is 2. The van der Waals surface area contributed by atoms with E-state index < -0.39 is 11.9 Å². The number of hydrogen-bond donors (Lipinski definition) is 0. The Hall–Kier alpha value is -2.70. The van der Waals surface area contributed by atoms with Gasteiger partial charge in [0.1, 0.15) is 0 Å². The molecule has 7 heteroatoms. The highest BCUT2D eigenvalue weighted by Crippen LogP contribution is 2.25. The fraction of sp³-hybridized carbons (Fsp3) is 0.333. The molecule has 0 radical (unpaired) electrons. The van der Waals surface area contributed by atoms with Gasteiger partial charge in [-0.3, -0.25) is 9.59 Å². The second-order valence-electron chi connectivity index (χ2n) is 5.08. The first-order valence-corrected chi connectivity index (χ1v) is 6.94. The maximum atomic E-state index is 12.1. The van der Waals surface area contributed by atoms with Crippen molar-refractivity contribution in [2.24, 2.45) is 5.92 Å². The lowest BCUT2D eigenvalue weighted by molar-refractivity contribution is -0.149. The van der Waals surface area contributed by atoms with E-state index >= 15 is 0 Å². The van der Waals surface area contributed by atoms with Crippen LogP contribution in [0.5, 0.6) is 0 Å². The van der Waals surface area contributed by atoms with Gasteiger partial charge < -0.3 is 14.2 Å². The predicted molar refractivity (Wildman–Crippen MR) is 75.7 cm³/mol. The van der Waals surface area contributed by atoms with E-state index in [1.54, 1.807) is 11.8 Å². The van der Waals surface area contributed by atoms with Crippen LogP contribution in [0, 0.1) is 12.8 Å². The summed E-state index contributed by atoms with van der Waals surface area (Å²) in [5.74, 6) is -0.245. The van der Waals surface area contributed by atoms with Crippen molar-refractivity contribution in [3.05, 3.63) is 42.0 Å². The van der Waals surface area contributed by atoms with E-state index in [1.807, 2.05) is 30.3 Å². The summed E-state index contributed by atoms with van der Waals surface area (Å²) in [6, 6.07) is 9.27. The predicted octanol–water partition coefficient (Wildman–Crippen LogP) is 1.47. The summed E-state index contributed by atoms with van der Waals surface area (Å²) >= 11 is 0. The molecule has 1 saturated heterocycles. The minimum atomic E-state index is -0.472. The van der Waals surface area contributed by atoms with E-state index in [2.05, 4.69) is 10.1 Å². The van der Waals surface area contributed by atoms with Gasteiger partial charge in [-0.1, -0.05) is 23.4 Å². The van der Waals surface area contributed by atoms with E-state index in [-0.39, 0.29) is 18.9 Å². The Labute approximate surface area is 126 Å². The smallest absolute Gasteiger partial charge is 0.311 e. The summed E-state index contributed by atoms with van der Waals surface area (Å²) in [7, 11) is 0. The number of ether oxygens (including phenoxy) is 1. The van der Waals surface area contributed by atoms with E-state index in [0.29, 0.717) is 18.3 Å². The lowest BCUT2D eigenvalue weighted by Crippen LogP contribution is -2.26. The van der Waals surface area contributed by atoms with Crippen LogP contribution in [0.3, 0.4) is 0 Å². The van der Waals surface area contributed by atoms with Gasteiger partial charge in [0.2, 0.25) is 17.6 Å². The third kappa shape index (κ3) is 2.98. The average Bonchev–Trinajstić information content (AvgIpc) is 3.12. The molecule has 2 aromatic rings. The molecule has 7 nitrogen and oxygen atoms in total. The molecule has 3 rings (SSSR count). The number of carbonyl (C=O) groups is 2. The van der Waals surface area contributed by atoms with Crippen molar-refractivity contribution < 1.29 is 18.8 Å². The number of benzene rings is 1. The number of rotatable bonds is 4. The number of amides is 1. The summed E-state index contributed by atoms with van der Waals surface area (Å²) in [5.41, 5.74) is 0.789. The molecule has 0 unspecified atom stereocenters. The summed E-state index contributed by atoms with van der Waals surface area (Å²) in [6.07, 6.45) is 0.152. The van der Waals surface area contributed by atoms with Crippen molar-refractivity contribution in [3.8, 4) is 0 Å². The Morgan fingerprint density at radius 3 is 2.86 bits per heavy atom. The van der Waals surface area contributed by atoms with Gasteiger partial charge in [0.25, 0.3) is 0 Å². The molecule has 1 amide bonds. The zero-order valence-corrected chi connectivity index (χ0v) is 12.1. The molecule has 0 spiro atoms. The number of anilines is 1. The van der Waals surface area contributed by atoms with Crippen LogP contribution in [0.2, 0.25) is 0 Å². The quantitative estimate of drug-likeness (QED) is 0.795. The van der Waals surface area contributed by atoms with Crippen LogP contribution in [-0.2, 0) is 20.9 Å². The molecular formula is C15H15N3O4. The fourth-order valence-corrected chi connectivity index (χ4v) is 2.38. The molecule has 0 aliphatic carbocycles. The molecule has 2 heterocycles. The Morgan fingerprint density at radius 1 is 1.41 bits per heavy atom. The van der Waals surface area contributed by atoms with Crippen LogP contribution in [0.1, 0.15) is 18.1 Å². The van der Waals surface area contributed by atoms with E-state index in [9.17, 15) is 9.59 Å². The van der Waals surface area contributed by atoms with E-state index in [4.69, 9.17) is 9.26 Å². The third-order valence-electron chi connectivity index (χ3n) is 3.44.